The molecule has 0 aromatic heterocycles. The summed E-state index contributed by atoms with van der Waals surface area (Å²) in [6, 6.07) is 0. The lowest BCUT2D eigenvalue weighted by atomic mass is 10.00. The van der Waals surface area contributed by atoms with Gasteiger partial charge in [0.05, 0.1) is 0 Å². The first-order valence-corrected chi connectivity index (χ1v) is 8.07. The average Bonchev–Trinajstić information content (AvgIpc) is 2.11. The van der Waals surface area contributed by atoms with Gasteiger partial charge in [0.1, 0.15) is 11.6 Å². The maximum atomic E-state index is 11.1. The van der Waals surface area contributed by atoms with E-state index in [1.54, 1.807) is 0 Å². The number of hydrogen-bond donors (Lipinski definition) is 0. The first kappa shape index (κ1) is 63.1. The highest BCUT2D eigenvalue weighted by Crippen LogP contribution is 2.08. The summed E-state index contributed by atoms with van der Waals surface area (Å²) in [6.07, 6.45) is 2.99. The minimum Gasteiger partial charge on any atom is -0.300 e. The van der Waals surface area contributed by atoms with Gasteiger partial charge < -0.3 is 0 Å². The molecule has 0 saturated carbocycles. The van der Waals surface area contributed by atoms with E-state index in [9.17, 15) is 9.59 Å². The van der Waals surface area contributed by atoms with E-state index in [1.165, 1.54) is 0 Å². The SMILES string of the molecule is C.C.C.C.C.C.C.C.CC(C)CC(=O)CC(C)C.CC(C)CC(=O)CC(C)C. The minimum atomic E-state index is 0. The second kappa shape index (κ2) is 37.1. The molecule has 0 atom stereocenters. The van der Waals surface area contributed by atoms with Gasteiger partial charge in [-0.05, 0) is 23.7 Å². The first-order valence-electron chi connectivity index (χ1n) is 8.07. The van der Waals surface area contributed by atoms with Gasteiger partial charge in [-0.3, -0.25) is 9.59 Å². The molecule has 0 aromatic rings. The summed E-state index contributed by atoms with van der Waals surface area (Å²) in [5.41, 5.74) is 0. The van der Waals surface area contributed by atoms with Gasteiger partial charge in [0, 0.05) is 25.7 Å². The van der Waals surface area contributed by atoms with E-state index in [2.05, 4.69) is 55.4 Å². The monoisotopic (exact) mass is 413 g/mol. The molecular weight excluding hydrogens is 344 g/mol. The third-order valence-corrected chi connectivity index (χ3v) is 2.54. The van der Waals surface area contributed by atoms with Gasteiger partial charge in [0.25, 0.3) is 0 Å². The maximum Gasteiger partial charge on any atom is 0.133 e. The Bertz CT molecular complexity index is 212. The highest BCUT2D eigenvalue weighted by atomic mass is 16.1. The Hall–Kier alpha value is -0.660. The molecule has 0 bridgehead atoms. The largest absolute Gasteiger partial charge is 0.300 e. The predicted molar refractivity (Wildman–Crippen MR) is 142 cm³/mol. The highest BCUT2D eigenvalue weighted by Gasteiger charge is 2.07. The van der Waals surface area contributed by atoms with Gasteiger partial charge in [-0.2, -0.15) is 0 Å². The van der Waals surface area contributed by atoms with Crippen molar-refractivity contribution in [1.29, 1.82) is 0 Å². The van der Waals surface area contributed by atoms with E-state index in [0.717, 1.165) is 25.7 Å². The van der Waals surface area contributed by atoms with E-state index >= 15 is 0 Å². The molecule has 0 rings (SSSR count). The molecular formula is C26H68O2. The molecule has 0 spiro atoms. The van der Waals surface area contributed by atoms with Crippen molar-refractivity contribution in [3.05, 3.63) is 0 Å². The van der Waals surface area contributed by atoms with E-state index in [-0.39, 0.29) is 59.4 Å². The van der Waals surface area contributed by atoms with E-state index in [1.807, 2.05) is 0 Å². The first-order chi connectivity index (χ1) is 9.04. The van der Waals surface area contributed by atoms with Crippen LogP contribution in [0.5, 0.6) is 0 Å². The van der Waals surface area contributed by atoms with Crippen molar-refractivity contribution in [3.63, 3.8) is 0 Å². The highest BCUT2D eigenvalue weighted by molar-refractivity contribution is 5.79. The third-order valence-electron chi connectivity index (χ3n) is 2.54. The average molecular weight is 413 g/mol. The quantitative estimate of drug-likeness (QED) is 0.397. The van der Waals surface area contributed by atoms with Crippen LogP contribution in [0.15, 0.2) is 0 Å². The molecule has 0 heterocycles. The van der Waals surface area contributed by atoms with Gasteiger partial charge in [-0.1, -0.05) is 115 Å². The zero-order valence-corrected chi connectivity index (χ0v) is 15.0. The second-order valence-electron chi connectivity index (χ2n) is 7.47. The Morgan fingerprint density at radius 2 is 0.500 bits per heavy atom. The number of hydrogen-bond acceptors (Lipinski definition) is 2. The summed E-state index contributed by atoms with van der Waals surface area (Å²) in [4.78, 5) is 22.1. The molecule has 0 unspecified atom stereocenters. The summed E-state index contributed by atoms with van der Waals surface area (Å²) in [7, 11) is 0. The van der Waals surface area contributed by atoms with Crippen LogP contribution in [0.4, 0.5) is 0 Å². The molecule has 184 valence electrons. The molecule has 0 radical (unpaired) electrons. The van der Waals surface area contributed by atoms with Gasteiger partial charge in [-0.25, -0.2) is 0 Å². The zero-order valence-electron chi connectivity index (χ0n) is 15.0. The molecule has 0 saturated heterocycles. The molecule has 0 aliphatic rings. The molecule has 0 N–H and O–H groups in total. The van der Waals surface area contributed by atoms with Crippen LogP contribution in [0.25, 0.3) is 0 Å². The van der Waals surface area contributed by atoms with Crippen molar-refractivity contribution in [1.82, 2.24) is 0 Å². The lowest BCUT2D eigenvalue weighted by Crippen LogP contribution is -2.05. The molecule has 0 aliphatic carbocycles. The van der Waals surface area contributed by atoms with Crippen LogP contribution < -0.4 is 0 Å². The van der Waals surface area contributed by atoms with Crippen LogP contribution in [-0.4, -0.2) is 11.6 Å². The van der Waals surface area contributed by atoms with Gasteiger partial charge in [-0.15, -0.1) is 0 Å². The Morgan fingerprint density at radius 3 is 0.571 bits per heavy atom. The number of carbonyl (C=O) groups excluding carboxylic acids is 2. The van der Waals surface area contributed by atoms with Gasteiger partial charge >= 0.3 is 0 Å². The maximum absolute atomic E-state index is 11.1. The summed E-state index contributed by atoms with van der Waals surface area (Å²) < 4.78 is 0. The van der Waals surface area contributed by atoms with Crippen molar-refractivity contribution in [3.8, 4) is 0 Å². The van der Waals surface area contributed by atoms with Crippen molar-refractivity contribution < 1.29 is 9.59 Å². The Labute approximate surface area is 185 Å². The zero-order chi connectivity index (χ0) is 16.3. The van der Waals surface area contributed by atoms with Crippen LogP contribution in [0, 0.1) is 23.7 Å². The van der Waals surface area contributed by atoms with E-state index in [0.29, 0.717) is 35.2 Å². The van der Waals surface area contributed by atoms with Crippen LogP contribution in [0.1, 0.15) is 140 Å². The van der Waals surface area contributed by atoms with E-state index in [4.69, 9.17) is 0 Å². The summed E-state index contributed by atoms with van der Waals surface area (Å²) >= 11 is 0. The Kier molecular flexibility index (Phi) is 83.7. The fourth-order valence-electron chi connectivity index (χ4n) is 1.99. The number of Topliss-reactive ketones (excluding diaryl/α,β-unsaturated/α-hetero) is 2. The van der Waals surface area contributed by atoms with Crippen molar-refractivity contribution in [2.75, 3.05) is 0 Å². The minimum absolute atomic E-state index is 0. The summed E-state index contributed by atoms with van der Waals surface area (Å²) in [5, 5.41) is 0. The molecule has 0 amide bonds. The number of ketones is 2. The predicted octanol–water partition coefficient (Wildman–Crippen LogP) is 10.4. The summed E-state index contributed by atoms with van der Waals surface area (Å²) in [6.45, 7) is 16.7. The normalized spacial score (nSPS) is 7.86. The van der Waals surface area contributed by atoms with E-state index < -0.39 is 0 Å². The number of carbonyl (C=O) groups is 2. The van der Waals surface area contributed by atoms with Crippen LogP contribution in [-0.2, 0) is 9.59 Å². The lowest BCUT2D eigenvalue weighted by molar-refractivity contribution is -0.121. The van der Waals surface area contributed by atoms with Crippen LogP contribution in [0.3, 0.4) is 0 Å². The molecule has 0 fully saturated rings. The third kappa shape index (κ3) is 63.8. The van der Waals surface area contributed by atoms with Gasteiger partial charge in [0.2, 0.25) is 0 Å². The Balaban J connectivity index is -0.0000000225. The number of rotatable bonds is 8. The fraction of sp³-hybridized carbons (Fsp3) is 0.923. The Morgan fingerprint density at radius 1 is 0.393 bits per heavy atom. The van der Waals surface area contributed by atoms with Gasteiger partial charge in [0.15, 0.2) is 0 Å². The molecule has 2 nitrogen and oxygen atoms in total. The smallest absolute Gasteiger partial charge is 0.133 e. The molecule has 0 aliphatic heterocycles. The molecule has 2 heteroatoms. The standard InChI is InChI=1S/2C9H18O.8CH4/c2*1-7(2)5-9(10)6-8(3)4;;;;;;;;/h2*7-8H,5-6H2,1-4H3;8*1H4. The van der Waals surface area contributed by atoms with Crippen molar-refractivity contribution in [2.45, 2.75) is 140 Å². The molecule has 28 heavy (non-hydrogen) atoms. The van der Waals surface area contributed by atoms with Crippen molar-refractivity contribution >= 4 is 11.6 Å². The van der Waals surface area contributed by atoms with Crippen LogP contribution in [0.2, 0.25) is 0 Å². The second-order valence-corrected chi connectivity index (χ2v) is 7.47. The lowest BCUT2D eigenvalue weighted by Gasteiger charge is -2.05. The fourth-order valence-corrected chi connectivity index (χ4v) is 1.99. The summed E-state index contributed by atoms with van der Waals surface area (Å²) in [5.74, 6) is 2.89. The van der Waals surface area contributed by atoms with Crippen LogP contribution >= 0.6 is 0 Å². The van der Waals surface area contributed by atoms with Crippen molar-refractivity contribution in [2.24, 2.45) is 23.7 Å². The topological polar surface area (TPSA) is 34.1 Å². The molecule has 0 aromatic carbocycles.